The van der Waals surface area contributed by atoms with Gasteiger partial charge in [0.1, 0.15) is 4.90 Å². The molecule has 0 atom stereocenters. The Morgan fingerprint density at radius 1 is 1.25 bits per heavy atom. The summed E-state index contributed by atoms with van der Waals surface area (Å²) in [7, 11) is -0.391. The fourth-order valence-corrected chi connectivity index (χ4v) is 3.22. The van der Waals surface area contributed by atoms with Crippen LogP contribution in [0.15, 0.2) is 41.4 Å². The zero-order valence-corrected chi connectivity index (χ0v) is 12.6. The first kappa shape index (κ1) is 14.6. The zero-order chi connectivity index (χ0) is 14.9. The topological polar surface area (TPSA) is 62.5 Å². The number of benzene rings is 1. The van der Waals surface area contributed by atoms with Crippen molar-refractivity contribution in [2.45, 2.75) is 18.4 Å². The molecule has 5 nitrogen and oxygen atoms in total. The number of aliphatic hydroxyl groups excluding tert-OH is 1. The lowest BCUT2D eigenvalue weighted by atomic mass is 10.2. The summed E-state index contributed by atoms with van der Waals surface area (Å²) in [5, 5.41) is 9.15. The molecule has 0 radical (unpaired) electrons. The molecule has 0 bridgehead atoms. The Kier molecular flexibility index (Phi) is 3.87. The molecule has 2 rings (SSSR count). The summed E-state index contributed by atoms with van der Waals surface area (Å²) in [6.07, 6.45) is 1.51. The molecule has 1 aromatic carbocycles. The maximum Gasteiger partial charge on any atom is 0.265 e. The van der Waals surface area contributed by atoms with Crippen LogP contribution in [0, 0.1) is 6.92 Å². The van der Waals surface area contributed by atoms with E-state index < -0.39 is 10.0 Å². The molecule has 0 aliphatic carbocycles. The molecule has 1 N–H and O–H groups in total. The summed E-state index contributed by atoms with van der Waals surface area (Å²) in [5.74, 6) is 0. The third-order valence-corrected chi connectivity index (χ3v) is 5.05. The fraction of sp³-hybridized carbons (Fsp3) is 0.286. The lowest BCUT2D eigenvalue weighted by Gasteiger charge is -2.18. The maximum atomic E-state index is 12.5. The minimum absolute atomic E-state index is 0.173. The first-order valence-electron chi connectivity index (χ1n) is 6.18. The van der Waals surface area contributed by atoms with Crippen LogP contribution in [0.3, 0.4) is 0 Å². The van der Waals surface area contributed by atoms with Crippen molar-refractivity contribution in [2.24, 2.45) is 7.05 Å². The van der Waals surface area contributed by atoms with E-state index in [0.29, 0.717) is 11.4 Å². The van der Waals surface area contributed by atoms with Gasteiger partial charge in [-0.15, -0.1) is 0 Å². The maximum absolute atomic E-state index is 12.5. The second-order valence-electron chi connectivity index (χ2n) is 4.74. The Morgan fingerprint density at radius 3 is 2.35 bits per heavy atom. The Labute approximate surface area is 119 Å². The van der Waals surface area contributed by atoms with Crippen molar-refractivity contribution in [1.82, 2.24) is 4.57 Å². The van der Waals surface area contributed by atoms with E-state index in [1.165, 1.54) is 23.6 Å². The predicted octanol–water partition coefficient (Wildman–Crippen LogP) is 1.65. The Hall–Kier alpha value is -1.79. The first-order valence-corrected chi connectivity index (χ1v) is 7.62. The number of aromatic nitrogens is 1. The number of rotatable bonds is 4. The highest BCUT2D eigenvalue weighted by Gasteiger charge is 2.23. The van der Waals surface area contributed by atoms with Gasteiger partial charge in [0.25, 0.3) is 10.0 Å². The average Bonchev–Trinajstić information content (AvgIpc) is 2.80. The molecule has 6 heteroatoms. The quantitative estimate of drug-likeness (QED) is 0.932. The van der Waals surface area contributed by atoms with E-state index in [1.807, 2.05) is 19.1 Å². The number of hydrogen-bond acceptors (Lipinski definition) is 3. The highest BCUT2D eigenvalue weighted by atomic mass is 32.2. The molecule has 0 saturated heterocycles. The van der Waals surface area contributed by atoms with E-state index in [1.54, 1.807) is 23.7 Å². The molecule has 1 aromatic heterocycles. The van der Waals surface area contributed by atoms with Gasteiger partial charge < -0.3 is 9.67 Å². The van der Waals surface area contributed by atoms with Crippen LogP contribution in [0.1, 0.15) is 11.3 Å². The van der Waals surface area contributed by atoms with Crippen LogP contribution in [-0.4, -0.2) is 25.1 Å². The van der Waals surface area contributed by atoms with E-state index in [2.05, 4.69) is 0 Å². The van der Waals surface area contributed by atoms with Gasteiger partial charge in [-0.05, 0) is 25.1 Å². The smallest absolute Gasteiger partial charge is 0.265 e. The number of aliphatic hydroxyl groups is 1. The summed E-state index contributed by atoms with van der Waals surface area (Å²) in [6, 6.07) is 8.75. The molecule has 0 aliphatic heterocycles. The van der Waals surface area contributed by atoms with Crippen molar-refractivity contribution in [3.05, 3.63) is 47.8 Å². The number of anilines is 1. The predicted molar refractivity (Wildman–Crippen MR) is 78.1 cm³/mol. The van der Waals surface area contributed by atoms with Crippen LogP contribution < -0.4 is 4.31 Å². The normalized spacial score (nSPS) is 11.6. The third kappa shape index (κ3) is 2.57. The van der Waals surface area contributed by atoms with Crippen molar-refractivity contribution in [3.63, 3.8) is 0 Å². The summed E-state index contributed by atoms with van der Waals surface area (Å²) >= 11 is 0. The van der Waals surface area contributed by atoms with E-state index in [0.717, 1.165) is 5.56 Å². The number of hydrogen-bond donors (Lipinski definition) is 1. The summed E-state index contributed by atoms with van der Waals surface area (Å²) in [6.45, 7) is 1.75. The lowest BCUT2D eigenvalue weighted by Crippen LogP contribution is -2.26. The molecule has 2 aromatic rings. The standard InChI is InChI=1S/C14H18N2O3S/c1-11-4-6-12(7-5-11)16(3)20(18,19)14-8-13(10-17)15(2)9-14/h4-9,17H,10H2,1-3H3. The lowest BCUT2D eigenvalue weighted by molar-refractivity contribution is 0.272. The average molecular weight is 294 g/mol. The van der Waals surface area contributed by atoms with E-state index in [9.17, 15) is 8.42 Å². The molecule has 0 amide bonds. The van der Waals surface area contributed by atoms with Crippen molar-refractivity contribution in [3.8, 4) is 0 Å². The number of nitrogens with zero attached hydrogens (tertiary/aromatic N) is 2. The first-order chi connectivity index (χ1) is 9.36. The van der Waals surface area contributed by atoms with E-state index in [4.69, 9.17) is 5.11 Å². The van der Waals surface area contributed by atoms with Crippen molar-refractivity contribution in [1.29, 1.82) is 0 Å². The molecule has 0 aliphatic rings. The van der Waals surface area contributed by atoms with Crippen LogP contribution in [0.2, 0.25) is 0 Å². The van der Waals surface area contributed by atoms with Crippen LogP contribution in [0.25, 0.3) is 0 Å². The monoisotopic (exact) mass is 294 g/mol. The molecule has 108 valence electrons. The van der Waals surface area contributed by atoms with Crippen molar-refractivity contribution >= 4 is 15.7 Å². The van der Waals surface area contributed by atoms with Gasteiger partial charge in [0, 0.05) is 26.0 Å². The zero-order valence-electron chi connectivity index (χ0n) is 11.7. The van der Waals surface area contributed by atoms with Crippen molar-refractivity contribution < 1.29 is 13.5 Å². The minimum Gasteiger partial charge on any atom is -0.390 e. The fourth-order valence-electron chi connectivity index (χ4n) is 1.93. The van der Waals surface area contributed by atoms with Crippen LogP contribution >= 0.6 is 0 Å². The molecule has 0 fully saturated rings. The van der Waals surface area contributed by atoms with Gasteiger partial charge in [0.05, 0.1) is 12.3 Å². The summed E-state index contributed by atoms with van der Waals surface area (Å²) in [4.78, 5) is 0.173. The molecular formula is C14H18N2O3S. The van der Waals surface area contributed by atoms with Crippen LogP contribution in [0.5, 0.6) is 0 Å². The largest absolute Gasteiger partial charge is 0.390 e. The molecule has 0 unspecified atom stereocenters. The van der Waals surface area contributed by atoms with Gasteiger partial charge >= 0.3 is 0 Å². The third-order valence-electron chi connectivity index (χ3n) is 3.30. The summed E-state index contributed by atoms with van der Waals surface area (Å²) < 4.78 is 27.9. The van der Waals surface area contributed by atoms with Gasteiger partial charge in [-0.3, -0.25) is 4.31 Å². The number of aryl methyl sites for hydroxylation is 2. The molecule has 1 heterocycles. The Morgan fingerprint density at radius 2 is 1.85 bits per heavy atom. The van der Waals surface area contributed by atoms with Crippen LogP contribution in [0.4, 0.5) is 5.69 Å². The molecule has 0 saturated carbocycles. The van der Waals surface area contributed by atoms with Crippen LogP contribution in [-0.2, 0) is 23.7 Å². The molecular weight excluding hydrogens is 276 g/mol. The van der Waals surface area contributed by atoms with Gasteiger partial charge in [0.2, 0.25) is 0 Å². The second kappa shape index (κ2) is 5.30. The minimum atomic E-state index is -3.62. The number of sulfonamides is 1. The highest BCUT2D eigenvalue weighted by Crippen LogP contribution is 2.23. The second-order valence-corrected chi connectivity index (χ2v) is 6.71. The van der Waals surface area contributed by atoms with Gasteiger partial charge in [-0.1, -0.05) is 17.7 Å². The molecule has 20 heavy (non-hydrogen) atoms. The SMILES string of the molecule is Cc1ccc(N(C)S(=O)(=O)c2cc(CO)n(C)c2)cc1. The Bertz CT molecular complexity index is 703. The van der Waals surface area contributed by atoms with E-state index in [-0.39, 0.29) is 11.5 Å². The van der Waals surface area contributed by atoms with Crippen molar-refractivity contribution in [2.75, 3.05) is 11.4 Å². The summed E-state index contributed by atoms with van der Waals surface area (Å²) in [5.41, 5.74) is 2.23. The van der Waals surface area contributed by atoms with Gasteiger partial charge in [-0.2, -0.15) is 0 Å². The van der Waals surface area contributed by atoms with Gasteiger partial charge in [0.15, 0.2) is 0 Å². The van der Waals surface area contributed by atoms with E-state index >= 15 is 0 Å². The Balaban J connectivity index is 2.40. The highest BCUT2D eigenvalue weighted by molar-refractivity contribution is 7.92. The van der Waals surface area contributed by atoms with Gasteiger partial charge in [-0.25, -0.2) is 8.42 Å². The molecule has 0 spiro atoms.